The summed E-state index contributed by atoms with van der Waals surface area (Å²) in [6.45, 7) is 42.1. The molecule has 0 N–H and O–H groups in total. The molecule has 0 radical (unpaired) electrons. The Morgan fingerprint density at radius 2 is 0.628 bits per heavy atom. The van der Waals surface area contributed by atoms with Gasteiger partial charge in [0, 0.05) is 65.4 Å². The number of anilines is 12. The second-order valence-electron chi connectivity index (χ2n) is 31.2. The van der Waals surface area contributed by atoms with Gasteiger partial charge in [0.2, 0.25) is 0 Å². The minimum atomic E-state index is -0.177. The Morgan fingerprint density at radius 3 is 1.06 bits per heavy atom. The Labute approximate surface area is 521 Å². The third-order valence-corrected chi connectivity index (χ3v) is 21.5. The molecule has 8 aromatic carbocycles. The molecule has 0 amide bonds. The Bertz CT molecular complexity index is 4350. The molecule has 4 aliphatic rings. The normalized spacial score (nSPS) is 14.7. The molecular weight excluding hydrogens is 1080 g/mol. The zero-order valence-electron chi connectivity index (χ0n) is 53.9. The second-order valence-corrected chi connectivity index (χ2v) is 33.3. The number of nitrogens with zero attached hydrogens (tertiary/aromatic N) is 4. The van der Waals surface area contributed by atoms with Crippen molar-refractivity contribution in [2.75, 3.05) is 19.6 Å². The van der Waals surface area contributed by atoms with E-state index in [0.29, 0.717) is 0 Å². The molecule has 8 heteroatoms. The predicted molar refractivity (Wildman–Crippen MR) is 380 cm³/mol. The van der Waals surface area contributed by atoms with Crippen molar-refractivity contribution in [2.45, 2.75) is 157 Å². The first-order valence-electron chi connectivity index (χ1n) is 31.2. The van der Waals surface area contributed by atoms with Gasteiger partial charge in [-0.3, -0.25) is 0 Å². The first kappa shape index (κ1) is 56.6. The van der Waals surface area contributed by atoms with Gasteiger partial charge in [-0.15, -0.1) is 11.3 Å². The maximum absolute atomic E-state index is 2.73. The fourth-order valence-electron chi connectivity index (χ4n) is 14.0. The van der Waals surface area contributed by atoms with Crippen LogP contribution >= 0.6 is 22.7 Å². The van der Waals surface area contributed by atoms with E-state index in [-0.39, 0.29) is 45.9 Å². The fraction of sp³-hybridized carbons (Fsp3) is 0.308. The van der Waals surface area contributed by atoms with Crippen LogP contribution in [0.25, 0.3) is 10.1 Å². The third-order valence-electron chi connectivity index (χ3n) is 19.0. The van der Waals surface area contributed by atoms with E-state index in [1.807, 2.05) is 11.3 Å². The van der Waals surface area contributed by atoms with Gasteiger partial charge in [0.1, 0.15) is 0 Å². The summed E-state index contributed by atoms with van der Waals surface area (Å²) in [6.07, 6.45) is 0. The number of benzene rings is 8. The molecule has 4 nitrogen and oxygen atoms in total. The Hall–Kier alpha value is -7.25. The van der Waals surface area contributed by atoms with Gasteiger partial charge >= 0.3 is 0 Å². The minimum Gasteiger partial charge on any atom is -0.311 e. The van der Waals surface area contributed by atoms with Gasteiger partial charge in [0.05, 0.1) is 16.4 Å². The lowest BCUT2D eigenvalue weighted by atomic mass is 9.35. The molecule has 10 aromatic rings. The molecule has 4 aliphatic heterocycles. The van der Waals surface area contributed by atoms with Gasteiger partial charge in [-0.2, -0.15) is 11.3 Å². The highest BCUT2D eigenvalue weighted by molar-refractivity contribution is 7.40. The van der Waals surface area contributed by atoms with Gasteiger partial charge in [-0.25, -0.2) is 0 Å². The van der Waals surface area contributed by atoms with Crippen LogP contribution in [0, 0.1) is 0 Å². The third kappa shape index (κ3) is 8.88. The summed E-state index contributed by atoms with van der Waals surface area (Å²) in [6, 6.07) is 67.1. The smallest absolute Gasteiger partial charge is 0.266 e. The van der Waals surface area contributed by atoms with Crippen LogP contribution < -0.4 is 51.0 Å². The van der Waals surface area contributed by atoms with Crippen molar-refractivity contribution in [1.29, 1.82) is 0 Å². The molecule has 0 bridgehead atoms. The number of para-hydroxylation sites is 1. The summed E-state index contributed by atoms with van der Waals surface area (Å²) in [5.41, 5.74) is 26.5. The standard InChI is InChI=1S/C78H82B2N4S2/c1-73(2,3)47-27-35-53(36-28-47)81-59-25-21-20-24-58(59)79-66-60(81)43-51(77(13,14)15)44-61(66)82(54-37-29-48(30-38-54)74(4,5)6)68-69-71(86-70(68)79)80-65-57-23-19-22-26-64(57)85-72(65)84(56-41-33-50(34-42-56)76(10,11)12)63-46-52(78(16,17)18)45-62(67(63)80)83(69)55-39-31-49(32-40-55)75(7,8)9/h19-46H,1-18H3. The molecule has 0 spiro atoms. The summed E-state index contributed by atoms with van der Waals surface area (Å²) >= 11 is 4.02. The van der Waals surface area contributed by atoms with E-state index >= 15 is 0 Å². The highest BCUT2D eigenvalue weighted by Crippen LogP contribution is 2.56. The van der Waals surface area contributed by atoms with Crippen LogP contribution in [0.3, 0.4) is 0 Å². The number of fused-ring (bicyclic) bond motifs is 11. The first-order chi connectivity index (χ1) is 40.5. The minimum absolute atomic E-state index is 0.0173. The number of hydrogen-bond acceptors (Lipinski definition) is 6. The van der Waals surface area contributed by atoms with Crippen molar-refractivity contribution in [2.24, 2.45) is 0 Å². The molecule has 14 rings (SSSR count). The SMILES string of the molecule is CC(C)(C)c1ccc(N2c3ccccc3B3c4sc5c(c4N(c4ccc(C(C)(C)C)cc4)c4cc(C(C)(C)C)cc2c43)N(c2ccc(C(C)(C)C)cc2)c2cc(C(C)(C)C)cc3c2B5c2c(sc4ccccc24)N3c2ccc(C(C)(C)C)cc2)cc1. The van der Waals surface area contributed by atoms with Crippen LogP contribution in [-0.4, -0.2) is 13.4 Å². The molecular formula is C78H82B2N4S2. The van der Waals surface area contributed by atoms with Crippen molar-refractivity contribution in [3.8, 4) is 0 Å². The predicted octanol–water partition coefficient (Wildman–Crippen LogP) is 18.9. The van der Waals surface area contributed by atoms with E-state index in [1.54, 1.807) is 0 Å². The summed E-state index contributed by atoms with van der Waals surface area (Å²) in [5.74, 6) is 0. The van der Waals surface area contributed by atoms with Crippen LogP contribution in [0.15, 0.2) is 170 Å². The quantitative estimate of drug-likeness (QED) is 0.163. The van der Waals surface area contributed by atoms with Gasteiger partial charge < -0.3 is 19.6 Å². The highest BCUT2D eigenvalue weighted by Gasteiger charge is 2.53. The first-order valence-corrected chi connectivity index (χ1v) is 32.9. The Morgan fingerprint density at radius 1 is 0.291 bits per heavy atom. The van der Waals surface area contributed by atoms with E-state index in [9.17, 15) is 0 Å². The molecule has 86 heavy (non-hydrogen) atoms. The number of hydrogen-bond donors (Lipinski definition) is 0. The van der Waals surface area contributed by atoms with Crippen molar-refractivity contribution < 1.29 is 0 Å². The zero-order valence-corrected chi connectivity index (χ0v) is 55.6. The molecule has 432 valence electrons. The summed E-state index contributed by atoms with van der Waals surface area (Å²) in [7, 11) is 0. The lowest BCUT2D eigenvalue weighted by Crippen LogP contribution is -2.60. The maximum atomic E-state index is 2.73. The molecule has 0 aliphatic carbocycles. The molecule has 0 atom stereocenters. The Kier molecular flexibility index (Phi) is 12.6. The van der Waals surface area contributed by atoms with E-state index < -0.39 is 0 Å². The van der Waals surface area contributed by atoms with Gasteiger partial charge in [0.15, 0.2) is 0 Å². The van der Waals surface area contributed by atoms with Crippen LogP contribution in [0.2, 0.25) is 0 Å². The average Bonchev–Trinajstić information content (AvgIpc) is 1.40. The van der Waals surface area contributed by atoms with Crippen molar-refractivity contribution in [3.63, 3.8) is 0 Å². The van der Waals surface area contributed by atoms with Crippen LogP contribution in [0.4, 0.5) is 67.6 Å². The van der Waals surface area contributed by atoms with Gasteiger partial charge in [0.25, 0.3) is 13.4 Å². The Balaban J connectivity index is 1.14. The maximum Gasteiger partial charge on any atom is 0.266 e. The summed E-state index contributed by atoms with van der Waals surface area (Å²) in [5, 5.41) is 2.63. The zero-order chi connectivity index (χ0) is 60.7. The summed E-state index contributed by atoms with van der Waals surface area (Å²) < 4.78 is 4.08. The number of thiophene rings is 2. The molecule has 0 saturated heterocycles. The van der Waals surface area contributed by atoms with E-state index in [0.717, 1.165) is 0 Å². The van der Waals surface area contributed by atoms with Crippen molar-refractivity contribution in [1.82, 2.24) is 0 Å². The molecule has 6 heterocycles. The van der Waals surface area contributed by atoms with Crippen LogP contribution in [-0.2, 0) is 32.5 Å². The molecule has 0 unspecified atom stereocenters. The summed E-state index contributed by atoms with van der Waals surface area (Å²) in [4.78, 5) is 10.7. The second kappa shape index (κ2) is 19.1. The van der Waals surface area contributed by atoms with Gasteiger partial charge in [-0.05, 0) is 178 Å². The van der Waals surface area contributed by atoms with E-state index in [1.165, 1.54) is 142 Å². The monoisotopic (exact) mass is 1160 g/mol. The lowest BCUT2D eigenvalue weighted by Gasteiger charge is -2.46. The highest BCUT2D eigenvalue weighted by atomic mass is 32.1. The van der Waals surface area contributed by atoms with Crippen molar-refractivity contribution >= 4 is 145 Å². The molecule has 0 fully saturated rings. The lowest BCUT2D eigenvalue weighted by molar-refractivity contribution is 0.589. The van der Waals surface area contributed by atoms with Crippen LogP contribution in [0.1, 0.15) is 158 Å². The van der Waals surface area contributed by atoms with Crippen molar-refractivity contribution in [3.05, 3.63) is 203 Å². The molecule has 2 aromatic heterocycles. The largest absolute Gasteiger partial charge is 0.311 e. The number of rotatable bonds is 4. The average molecular weight is 1160 g/mol. The van der Waals surface area contributed by atoms with E-state index in [2.05, 4.69) is 325 Å². The van der Waals surface area contributed by atoms with Crippen LogP contribution in [0.5, 0.6) is 0 Å². The fourth-order valence-corrected chi connectivity index (χ4v) is 16.8. The molecule has 0 saturated carbocycles. The topological polar surface area (TPSA) is 13.0 Å². The van der Waals surface area contributed by atoms with Gasteiger partial charge in [-0.1, -0.05) is 210 Å². The van der Waals surface area contributed by atoms with E-state index in [4.69, 9.17) is 0 Å².